The largest absolute Gasteiger partial charge is 0.494 e. The monoisotopic (exact) mass is 194 g/mol. The van der Waals surface area contributed by atoms with E-state index in [0.29, 0.717) is 13.2 Å². The second-order valence-electron chi connectivity index (χ2n) is 3.09. The van der Waals surface area contributed by atoms with Gasteiger partial charge in [0, 0.05) is 12.5 Å². The highest BCUT2D eigenvalue weighted by atomic mass is 16.5. The number of hydrogen-bond donors (Lipinski definition) is 0. The number of rotatable bonds is 2. The molecule has 0 radical (unpaired) electrons. The summed E-state index contributed by atoms with van der Waals surface area (Å²) in [7, 11) is 0. The van der Waals surface area contributed by atoms with Crippen LogP contribution in [0.3, 0.4) is 0 Å². The molecule has 0 amide bonds. The number of benzene rings is 1. The summed E-state index contributed by atoms with van der Waals surface area (Å²) in [6, 6.07) is 5.67. The quantitative estimate of drug-likeness (QED) is 0.722. The topological polar surface area (TPSA) is 27.7 Å². The molecule has 1 aliphatic heterocycles. The summed E-state index contributed by atoms with van der Waals surface area (Å²) < 4.78 is 16.4. The van der Waals surface area contributed by atoms with Gasteiger partial charge in [0.25, 0.3) is 0 Å². The third-order valence-corrected chi connectivity index (χ3v) is 2.03. The van der Waals surface area contributed by atoms with Gasteiger partial charge < -0.3 is 14.2 Å². The van der Waals surface area contributed by atoms with E-state index in [4.69, 9.17) is 14.2 Å². The molecule has 0 saturated carbocycles. The zero-order chi connectivity index (χ0) is 9.80. The van der Waals surface area contributed by atoms with Crippen LogP contribution in [0.4, 0.5) is 0 Å². The van der Waals surface area contributed by atoms with Gasteiger partial charge in [0.2, 0.25) is 0 Å². The fraction of sp³-hybridized carbons (Fsp3) is 0.455. The van der Waals surface area contributed by atoms with Crippen molar-refractivity contribution in [3.05, 3.63) is 18.2 Å². The zero-order valence-electron chi connectivity index (χ0n) is 8.29. The van der Waals surface area contributed by atoms with Crippen LogP contribution < -0.4 is 14.2 Å². The van der Waals surface area contributed by atoms with Crippen LogP contribution in [0.1, 0.15) is 13.3 Å². The summed E-state index contributed by atoms with van der Waals surface area (Å²) in [5.74, 6) is 2.43. The molecule has 3 heteroatoms. The average Bonchev–Trinajstić information content (AvgIpc) is 2.42. The van der Waals surface area contributed by atoms with Gasteiger partial charge in [0.1, 0.15) is 5.75 Å². The summed E-state index contributed by atoms with van der Waals surface area (Å²) >= 11 is 0. The van der Waals surface area contributed by atoms with E-state index in [9.17, 15) is 0 Å². The van der Waals surface area contributed by atoms with Gasteiger partial charge in [-0.1, -0.05) is 0 Å². The second kappa shape index (κ2) is 4.22. The lowest BCUT2D eigenvalue weighted by Gasteiger charge is -2.09. The van der Waals surface area contributed by atoms with Crippen LogP contribution in [-0.4, -0.2) is 19.8 Å². The lowest BCUT2D eigenvalue weighted by molar-refractivity contribution is 0.296. The Labute approximate surface area is 83.6 Å². The lowest BCUT2D eigenvalue weighted by Crippen LogP contribution is -1.97. The van der Waals surface area contributed by atoms with Crippen LogP contribution in [0.25, 0.3) is 0 Å². The first-order valence-corrected chi connectivity index (χ1v) is 4.92. The van der Waals surface area contributed by atoms with Gasteiger partial charge in [-0.15, -0.1) is 0 Å². The van der Waals surface area contributed by atoms with E-state index in [2.05, 4.69) is 0 Å². The number of ether oxygens (including phenoxy) is 3. The average molecular weight is 194 g/mol. The van der Waals surface area contributed by atoms with Crippen LogP contribution in [-0.2, 0) is 0 Å². The molecule has 0 spiro atoms. The Kier molecular flexibility index (Phi) is 2.77. The minimum Gasteiger partial charge on any atom is -0.494 e. The van der Waals surface area contributed by atoms with Crippen molar-refractivity contribution in [1.29, 1.82) is 0 Å². The molecular weight excluding hydrogens is 180 g/mol. The third kappa shape index (κ3) is 1.92. The highest BCUT2D eigenvalue weighted by Gasteiger charge is 2.10. The van der Waals surface area contributed by atoms with Gasteiger partial charge in [0.05, 0.1) is 19.8 Å². The van der Waals surface area contributed by atoms with Gasteiger partial charge >= 0.3 is 0 Å². The first kappa shape index (κ1) is 9.19. The molecule has 3 nitrogen and oxygen atoms in total. The Bertz CT molecular complexity index is 309. The molecule has 0 saturated heterocycles. The van der Waals surface area contributed by atoms with E-state index < -0.39 is 0 Å². The molecule has 0 unspecified atom stereocenters. The molecule has 76 valence electrons. The van der Waals surface area contributed by atoms with E-state index in [1.807, 2.05) is 25.1 Å². The smallest absolute Gasteiger partial charge is 0.164 e. The Hall–Kier alpha value is -1.38. The number of hydrogen-bond acceptors (Lipinski definition) is 3. The summed E-state index contributed by atoms with van der Waals surface area (Å²) in [6.07, 6.45) is 0.929. The second-order valence-corrected chi connectivity index (χ2v) is 3.09. The highest BCUT2D eigenvalue weighted by Crippen LogP contribution is 2.33. The van der Waals surface area contributed by atoms with E-state index in [1.54, 1.807) is 0 Å². The standard InChI is InChI=1S/C11H14O3/c1-2-12-9-4-5-10-11(8-9)14-7-3-6-13-10/h4-5,8H,2-3,6-7H2,1H3. The van der Waals surface area contributed by atoms with Crippen molar-refractivity contribution in [2.45, 2.75) is 13.3 Å². The predicted octanol–water partition coefficient (Wildman–Crippen LogP) is 2.25. The first-order valence-electron chi connectivity index (χ1n) is 4.92. The minimum absolute atomic E-state index is 0.666. The molecule has 0 atom stereocenters. The molecular formula is C11H14O3. The van der Waals surface area contributed by atoms with Crippen molar-refractivity contribution in [1.82, 2.24) is 0 Å². The molecule has 0 bridgehead atoms. The van der Waals surface area contributed by atoms with Crippen LogP contribution >= 0.6 is 0 Å². The molecule has 1 aliphatic rings. The summed E-state index contributed by atoms with van der Waals surface area (Å²) in [4.78, 5) is 0. The lowest BCUT2D eigenvalue weighted by atomic mass is 10.3. The van der Waals surface area contributed by atoms with Gasteiger partial charge in [-0.05, 0) is 19.1 Å². The maximum Gasteiger partial charge on any atom is 0.164 e. The molecule has 0 aliphatic carbocycles. The van der Waals surface area contributed by atoms with Gasteiger partial charge in [-0.3, -0.25) is 0 Å². The Morgan fingerprint density at radius 2 is 2.00 bits per heavy atom. The van der Waals surface area contributed by atoms with Gasteiger partial charge in [-0.2, -0.15) is 0 Å². The van der Waals surface area contributed by atoms with Crippen LogP contribution in [0.5, 0.6) is 17.2 Å². The zero-order valence-corrected chi connectivity index (χ0v) is 8.29. The van der Waals surface area contributed by atoms with Crippen molar-refractivity contribution in [2.75, 3.05) is 19.8 Å². The molecule has 14 heavy (non-hydrogen) atoms. The van der Waals surface area contributed by atoms with E-state index in [1.165, 1.54) is 0 Å². The summed E-state index contributed by atoms with van der Waals surface area (Å²) in [5, 5.41) is 0. The maximum atomic E-state index is 5.53. The van der Waals surface area contributed by atoms with E-state index in [-0.39, 0.29) is 0 Å². The molecule has 1 aromatic rings. The van der Waals surface area contributed by atoms with E-state index >= 15 is 0 Å². The van der Waals surface area contributed by atoms with Crippen molar-refractivity contribution < 1.29 is 14.2 Å². The third-order valence-electron chi connectivity index (χ3n) is 2.03. The first-order chi connectivity index (χ1) is 6.90. The number of fused-ring (bicyclic) bond motifs is 1. The van der Waals surface area contributed by atoms with Crippen LogP contribution in [0.15, 0.2) is 18.2 Å². The maximum absolute atomic E-state index is 5.53. The van der Waals surface area contributed by atoms with Crippen LogP contribution in [0, 0.1) is 0 Å². The van der Waals surface area contributed by atoms with E-state index in [0.717, 1.165) is 30.3 Å². The summed E-state index contributed by atoms with van der Waals surface area (Å²) in [5.41, 5.74) is 0. The van der Waals surface area contributed by atoms with Gasteiger partial charge in [-0.25, -0.2) is 0 Å². The SMILES string of the molecule is CCOc1ccc2c(c1)OCCCO2. The van der Waals surface area contributed by atoms with Crippen molar-refractivity contribution >= 4 is 0 Å². The fourth-order valence-corrected chi connectivity index (χ4v) is 1.40. The Morgan fingerprint density at radius 1 is 1.21 bits per heavy atom. The molecule has 1 aromatic carbocycles. The van der Waals surface area contributed by atoms with Crippen LogP contribution in [0.2, 0.25) is 0 Å². The Balaban J connectivity index is 2.23. The molecule has 0 aromatic heterocycles. The Morgan fingerprint density at radius 3 is 2.79 bits per heavy atom. The molecule has 2 rings (SSSR count). The minimum atomic E-state index is 0.666. The summed E-state index contributed by atoms with van der Waals surface area (Å²) in [6.45, 7) is 4.06. The van der Waals surface area contributed by atoms with Crippen molar-refractivity contribution in [3.63, 3.8) is 0 Å². The predicted molar refractivity (Wildman–Crippen MR) is 53.2 cm³/mol. The highest BCUT2D eigenvalue weighted by molar-refractivity contribution is 5.45. The van der Waals surface area contributed by atoms with Crippen molar-refractivity contribution in [3.8, 4) is 17.2 Å². The fourth-order valence-electron chi connectivity index (χ4n) is 1.40. The molecule has 0 N–H and O–H groups in total. The molecule has 0 fully saturated rings. The molecule has 1 heterocycles. The normalized spacial score (nSPS) is 14.6. The van der Waals surface area contributed by atoms with Crippen molar-refractivity contribution in [2.24, 2.45) is 0 Å². The van der Waals surface area contributed by atoms with Gasteiger partial charge in [0.15, 0.2) is 11.5 Å².